The van der Waals surface area contributed by atoms with Crippen LogP contribution in [0.1, 0.15) is 23.7 Å². The first-order valence-electron chi connectivity index (χ1n) is 6.64. The van der Waals surface area contributed by atoms with Crippen LogP contribution in [0.4, 0.5) is 19.1 Å². The summed E-state index contributed by atoms with van der Waals surface area (Å²) in [5.74, 6) is 0.169. The lowest BCUT2D eigenvalue weighted by Crippen LogP contribution is -2.17. The van der Waals surface area contributed by atoms with Crippen LogP contribution in [-0.4, -0.2) is 32.8 Å². The standard InChI is InChI=1S/C14H15F3N4O/c15-14(16,17)5-3-11-4-7-19-13(20-11)21-12(9-22)10-2-1-6-18-8-10/h1-2,4,6-8,12,22H,3,5,9H2,(H,19,20,21). The van der Waals surface area contributed by atoms with E-state index in [1.54, 1.807) is 24.5 Å². The Morgan fingerprint density at radius 3 is 2.68 bits per heavy atom. The minimum atomic E-state index is -4.22. The molecule has 2 rings (SSSR count). The molecule has 0 aliphatic heterocycles. The number of pyridine rings is 1. The minimum absolute atomic E-state index is 0.169. The van der Waals surface area contributed by atoms with E-state index in [0.717, 1.165) is 5.56 Å². The van der Waals surface area contributed by atoms with Gasteiger partial charge in [-0.05, 0) is 24.1 Å². The summed E-state index contributed by atoms with van der Waals surface area (Å²) >= 11 is 0. The Morgan fingerprint density at radius 1 is 1.23 bits per heavy atom. The minimum Gasteiger partial charge on any atom is -0.394 e. The summed E-state index contributed by atoms with van der Waals surface area (Å²) in [5, 5.41) is 12.3. The van der Waals surface area contributed by atoms with Gasteiger partial charge in [-0.2, -0.15) is 13.2 Å². The monoisotopic (exact) mass is 312 g/mol. The fourth-order valence-electron chi connectivity index (χ4n) is 1.85. The van der Waals surface area contributed by atoms with Gasteiger partial charge < -0.3 is 10.4 Å². The van der Waals surface area contributed by atoms with E-state index < -0.39 is 18.6 Å². The molecule has 0 saturated carbocycles. The molecule has 0 fully saturated rings. The second-order valence-corrected chi connectivity index (χ2v) is 4.65. The van der Waals surface area contributed by atoms with Gasteiger partial charge in [0.05, 0.1) is 12.6 Å². The van der Waals surface area contributed by atoms with Crippen molar-refractivity contribution in [1.29, 1.82) is 0 Å². The first-order chi connectivity index (χ1) is 10.5. The van der Waals surface area contributed by atoms with E-state index in [4.69, 9.17) is 0 Å². The maximum Gasteiger partial charge on any atom is 0.389 e. The fraction of sp³-hybridized carbons (Fsp3) is 0.357. The maximum absolute atomic E-state index is 12.2. The number of aliphatic hydroxyl groups excluding tert-OH is 1. The number of anilines is 1. The molecule has 22 heavy (non-hydrogen) atoms. The van der Waals surface area contributed by atoms with Crippen LogP contribution < -0.4 is 5.32 Å². The first kappa shape index (κ1) is 16.2. The van der Waals surface area contributed by atoms with Crippen molar-refractivity contribution < 1.29 is 18.3 Å². The number of aliphatic hydroxyl groups is 1. The van der Waals surface area contributed by atoms with Crippen LogP contribution in [0.3, 0.4) is 0 Å². The molecule has 0 aromatic carbocycles. The van der Waals surface area contributed by atoms with E-state index in [1.807, 2.05) is 0 Å². The SMILES string of the molecule is OCC(Nc1nccc(CCC(F)(F)F)n1)c1cccnc1. The Balaban J connectivity index is 2.06. The summed E-state index contributed by atoms with van der Waals surface area (Å²) in [6, 6.07) is 4.45. The van der Waals surface area contributed by atoms with Crippen molar-refractivity contribution in [2.75, 3.05) is 11.9 Å². The Hall–Kier alpha value is -2.22. The molecular weight excluding hydrogens is 297 g/mol. The summed E-state index contributed by atoms with van der Waals surface area (Å²) in [6.45, 7) is -0.220. The number of rotatable bonds is 6. The van der Waals surface area contributed by atoms with Gasteiger partial charge in [0, 0.05) is 30.7 Å². The Kier molecular flexibility index (Phi) is 5.26. The lowest BCUT2D eigenvalue weighted by atomic mass is 10.1. The number of aryl methyl sites for hydroxylation is 1. The summed E-state index contributed by atoms with van der Waals surface area (Å²) < 4.78 is 36.7. The van der Waals surface area contributed by atoms with E-state index in [1.165, 1.54) is 12.3 Å². The van der Waals surface area contributed by atoms with E-state index in [-0.39, 0.29) is 24.7 Å². The molecule has 118 valence electrons. The number of nitrogens with one attached hydrogen (secondary N) is 1. The van der Waals surface area contributed by atoms with Gasteiger partial charge in [-0.3, -0.25) is 4.98 Å². The van der Waals surface area contributed by atoms with E-state index >= 15 is 0 Å². The smallest absolute Gasteiger partial charge is 0.389 e. The zero-order chi connectivity index (χ0) is 16.0. The molecule has 1 unspecified atom stereocenters. The molecule has 0 bridgehead atoms. The third-order valence-electron chi connectivity index (χ3n) is 2.95. The van der Waals surface area contributed by atoms with Crippen LogP contribution in [0.2, 0.25) is 0 Å². The van der Waals surface area contributed by atoms with Crippen molar-refractivity contribution in [3.05, 3.63) is 48.0 Å². The number of nitrogens with zero attached hydrogens (tertiary/aromatic N) is 3. The lowest BCUT2D eigenvalue weighted by molar-refractivity contribution is -0.134. The summed E-state index contributed by atoms with van der Waals surface area (Å²) in [7, 11) is 0. The highest BCUT2D eigenvalue weighted by Crippen LogP contribution is 2.22. The molecule has 2 aromatic rings. The quantitative estimate of drug-likeness (QED) is 0.857. The second-order valence-electron chi connectivity index (χ2n) is 4.65. The van der Waals surface area contributed by atoms with Crippen LogP contribution in [0.15, 0.2) is 36.8 Å². The van der Waals surface area contributed by atoms with Gasteiger partial charge in [-0.1, -0.05) is 6.07 Å². The van der Waals surface area contributed by atoms with E-state index in [0.29, 0.717) is 0 Å². The Labute approximate surface area is 125 Å². The van der Waals surface area contributed by atoms with Crippen LogP contribution in [0.25, 0.3) is 0 Å². The molecular formula is C14H15F3N4O. The molecule has 0 amide bonds. The van der Waals surface area contributed by atoms with Crippen molar-refractivity contribution in [1.82, 2.24) is 15.0 Å². The van der Waals surface area contributed by atoms with Crippen molar-refractivity contribution in [3.8, 4) is 0 Å². The Bertz CT molecular complexity index is 592. The van der Waals surface area contributed by atoms with Crippen LogP contribution >= 0.6 is 0 Å². The van der Waals surface area contributed by atoms with Crippen LogP contribution in [0, 0.1) is 0 Å². The summed E-state index contributed by atoms with van der Waals surface area (Å²) in [6.07, 6.45) is -0.791. The topological polar surface area (TPSA) is 70.9 Å². The number of halogens is 3. The third kappa shape index (κ3) is 4.96. The molecule has 8 heteroatoms. The second kappa shape index (κ2) is 7.17. The third-order valence-corrected chi connectivity index (χ3v) is 2.95. The largest absolute Gasteiger partial charge is 0.394 e. The van der Waals surface area contributed by atoms with E-state index in [9.17, 15) is 18.3 Å². The molecule has 0 spiro atoms. The van der Waals surface area contributed by atoms with Gasteiger partial charge in [0.1, 0.15) is 0 Å². The summed E-state index contributed by atoms with van der Waals surface area (Å²) in [5.41, 5.74) is 1.02. The predicted molar refractivity (Wildman–Crippen MR) is 74.1 cm³/mol. The summed E-state index contributed by atoms with van der Waals surface area (Å²) in [4.78, 5) is 11.9. The number of hydrogen-bond acceptors (Lipinski definition) is 5. The zero-order valence-electron chi connectivity index (χ0n) is 11.6. The van der Waals surface area contributed by atoms with Gasteiger partial charge in [0.15, 0.2) is 0 Å². The highest BCUT2D eigenvalue weighted by molar-refractivity contribution is 5.31. The molecule has 0 saturated heterocycles. The van der Waals surface area contributed by atoms with Crippen molar-refractivity contribution >= 4 is 5.95 Å². The van der Waals surface area contributed by atoms with Crippen molar-refractivity contribution in [3.63, 3.8) is 0 Å². The van der Waals surface area contributed by atoms with Gasteiger partial charge >= 0.3 is 6.18 Å². The van der Waals surface area contributed by atoms with E-state index in [2.05, 4.69) is 20.3 Å². The molecule has 0 aliphatic rings. The number of aromatic nitrogens is 3. The van der Waals surface area contributed by atoms with Crippen molar-refractivity contribution in [2.45, 2.75) is 25.1 Å². The first-order valence-corrected chi connectivity index (χ1v) is 6.64. The van der Waals surface area contributed by atoms with Crippen molar-refractivity contribution in [2.24, 2.45) is 0 Å². The highest BCUT2D eigenvalue weighted by Gasteiger charge is 2.26. The van der Waals surface area contributed by atoms with Gasteiger partial charge in [-0.25, -0.2) is 9.97 Å². The van der Waals surface area contributed by atoms with Crippen LogP contribution in [0.5, 0.6) is 0 Å². The fourth-order valence-corrected chi connectivity index (χ4v) is 1.85. The van der Waals surface area contributed by atoms with Gasteiger partial charge in [-0.15, -0.1) is 0 Å². The highest BCUT2D eigenvalue weighted by atomic mass is 19.4. The normalized spacial score (nSPS) is 12.9. The van der Waals surface area contributed by atoms with Gasteiger partial charge in [0.25, 0.3) is 0 Å². The number of alkyl halides is 3. The maximum atomic E-state index is 12.2. The Morgan fingerprint density at radius 2 is 2.05 bits per heavy atom. The molecule has 2 heterocycles. The lowest BCUT2D eigenvalue weighted by Gasteiger charge is -2.16. The number of hydrogen-bond donors (Lipinski definition) is 2. The molecule has 0 radical (unpaired) electrons. The molecule has 0 aliphatic carbocycles. The molecule has 2 N–H and O–H groups in total. The van der Waals surface area contributed by atoms with Gasteiger partial charge in [0.2, 0.25) is 5.95 Å². The molecule has 2 aromatic heterocycles. The zero-order valence-corrected chi connectivity index (χ0v) is 11.6. The van der Waals surface area contributed by atoms with Crippen LogP contribution in [-0.2, 0) is 6.42 Å². The average molecular weight is 312 g/mol. The molecule has 5 nitrogen and oxygen atoms in total. The predicted octanol–water partition coefficient (Wildman–Crippen LogP) is 2.51. The average Bonchev–Trinajstić information content (AvgIpc) is 2.51. The molecule has 1 atom stereocenters.